The van der Waals surface area contributed by atoms with Crippen LogP contribution in [0, 0.1) is 0 Å². The molecule has 7 nitrogen and oxygen atoms in total. The zero-order valence-electron chi connectivity index (χ0n) is 17.2. The molecule has 162 valence electrons. The van der Waals surface area contributed by atoms with Crippen LogP contribution in [-0.2, 0) is 11.3 Å². The largest absolute Gasteiger partial charge is 0.497 e. The average Bonchev–Trinajstić information content (AvgIpc) is 3.19. The van der Waals surface area contributed by atoms with Crippen LogP contribution in [0.5, 0.6) is 5.75 Å². The van der Waals surface area contributed by atoms with E-state index in [4.69, 9.17) is 27.9 Å². The lowest BCUT2D eigenvalue weighted by Crippen LogP contribution is -2.21. The molecule has 1 heterocycles. The van der Waals surface area contributed by atoms with Gasteiger partial charge in [0.25, 0.3) is 5.91 Å². The maximum Gasteiger partial charge on any atom is 0.250 e. The van der Waals surface area contributed by atoms with Gasteiger partial charge in [0.15, 0.2) is 11.0 Å². The molecule has 0 radical (unpaired) electrons. The predicted octanol–water partition coefficient (Wildman–Crippen LogP) is 4.91. The number of hydrazone groups is 1. The molecule has 1 amide bonds. The summed E-state index contributed by atoms with van der Waals surface area (Å²) in [6.45, 7) is 4.44. The third-order valence-corrected chi connectivity index (χ3v) is 5.90. The van der Waals surface area contributed by atoms with Crippen molar-refractivity contribution in [1.29, 1.82) is 0 Å². The summed E-state index contributed by atoms with van der Waals surface area (Å²) in [6.07, 6.45) is 0. The number of halogens is 2. The number of benzene rings is 2. The van der Waals surface area contributed by atoms with E-state index in [1.165, 1.54) is 11.8 Å². The highest BCUT2D eigenvalue weighted by Gasteiger charge is 2.15. The Hall–Kier alpha value is -2.55. The van der Waals surface area contributed by atoms with Gasteiger partial charge in [-0.2, -0.15) is 5.10 Å². The van der Waals surface area contributed by atoms with Crippen molar-refractivity contribution < 1.29 is 9.53 Å². The third kappa shape index (κ3) is 5.78. The van der Waals surface area contributed by atoms with E-state index in [0.717, 1.165) is 17.1 Å². The van der Waals surface area contributed by atoms with Crippen LogP contribution in [0.3, 0.4) is 0 Å². The smallest absolute Gasteiger partial charge is 0.250 e. The molecular weight excluding hydrogens is 457 g/mol. The first-order valence-electron chi connectivity index (χ1n) is 9.42. The topological polar surface area (TPSA) is 81.4 Å². The number of hydrogen-bond donors (Lipinski definition) is 1. The Labute approximate surface area is 194 Å². The summed E-state index contributed by atoms with van der Waals surface area (Å²) in [7, 11) is 1.62. The van der Waals surface area contributed by atoms with E-state index in [0.29, 0.717) is 33.0 Å². The normalized spacial score (nSPS) is 11.5. The number of thioether (sulfide) groups is 1. The standard InChI is InChI=1S/C21H21Cl2N5O2S/c1-4-28-20(14-5-8-16(30-3)9-6-14)26-27-21(28)31-12-19(29)25-24-13(2)17-10-7-15(22)11-18(17)23/h5-11H,4,12H2,1-3H3,(H,25,29)/b24-13+. The van der Waals surface area contributed by atoms with E-state index >= 15 is 0 Å². The molecule has 2 aromatic carbocycles. The van der Waals surface area contributed by atoms with Crippen molar-refractivity contribution >= 4 is 46.6 Å². The summed E-state index contributed by atoms with van der Waals surface area (Å²) in [4.78, 5) is 12.3. The summed E-state index contributed by atoms with van der Waals surface area (Å²) < 4.78 is 7.16. The van der Waals surface area contributed by atoms with Gasteiger partial charge in [-0.05, 0) is 50.2 Å². The van der Waals surface area contributed by atoms with Gasteiger partial charge in [-0.3, -0.25) is 4.79 Å². The molecule has 0 saturated carbocycles. The van der Waals surface area contributed by atoms with Crippen LogP contribution in [0.1, 0.15) is 19.4 Å². The van der Waals surface area contributed by atoms with Crippen LogP contribution in [0.15, 0.2) is 52.7 Å². The minimum absolute atomic E-state index is 0.145. The maximum absolute atomic E-state index is 12.3. The predicted molar refractivity (Wildman–Crippen MR) is 125 cm³/mol. The number of nitrogens with one attached hydrogen (secondary N) is 1. The Morgan fingerprint density at radius 2 is 1.94 bits per heavy atom. The third-order valence-electron chi connectivity index (χ3n) is 4.38. The summed E-state index contributed by atoms with van der Waals surface area (Å²) in [5.74, 6) is 1.39. The van der Waals surface area contributed by atoms with E-state index in [9.17, 15) is 4.79 Å². The molecule has 0 atom stereocenters. The monoisotopic (exact) mass is 477 g/mol. The van der Waals surface area contributed by atoms with E-state index in [2.05, 4.69) is 20.7 Å². The number of nitrogens with zero attached hydrogens (tertiary/aromatic N) is 4. The van der Waals surface area contributed by atoms with Crippen LogP contribution in [0.2, 0.25) is 10.0 Å². The first kappa shape index (κ1) is 23.1. The molecule has 0 fully saturated rings. The van der Waals surface area contributed by atoms with Gasteiger partial charge in [0.2, 0.25) is 0 Å². The summed E-state index contributed by atoms with van der Waals surface area (Å²) in [6, 6.07) is 12.7. The molecule has 3 aromatic rings. The number of rotatable bonds is 8. The van der Waals surface area contributed by atoms with E-state index < -0.39 is 0 Å². The summed E-state index contributed by atoms with van der Waals surface area (Å²) in [5, 5.41) is 14.3. The van der Waals surface area contributed by atoms with Crippen molar-refractivity contribution in [2.45, 2.75) is 25.5 Å². The second-order valence-electron chi connectivity index (χ2n) is 6.42. The highest BCUT2D eigenvalue weighted by atomic mass is 35.5. The van der Waals surface area contributed by atoms with Gasteiger partial charge in [0, 0.05) is 22.7 Å². The first-order valence-corrected chi connectivity index (χ1v) is 11.2. The minimum Gasteiger partial charge on any atom is -0.497 e. The lowest BCUT2D eigenvalue weighted by Gasteiger charge is -2.08. The Balaban J connectivity index is 1.64. The van der Waals surface area contributed by atoms with Crippen LogP contribution >= 0.6 is 35.0 Å². The molecule has 1 aromatic heterocycles. The Morgan fingerprint density at radius 1 is 1.19 bits per heavy atom. The summed E-state index contributed by atoms with van der Waals surface area (Å²) >= 11 is 13.4. The van der Waals surface area contributed by atoms with E-state index in [1.54, 1.807) is 32.2 Å². The number of ether oxygens (including phenoxy) is 1. The molecule has 31 heavy (non-hydrogen) atoms. The zero-order valence-corrected chi connectivity index (χ0v) is 19.6. The van der Waals surface area contributed by atoms with Crippen molar-refractivity contribution in [3.8, 4) is 17.1 Å². The molecule has 1 N–H and O–H groups in total. The van der Waals surface area contributed by atoms with Crippen LogP contribution in [-0.4, -0.2) is 39.2 Å². The number of aromatic nitrogens is 3. The van der Waals surface area contributed by atoms with Gasteiger partial charge in [0.05, 0.1) is 23.6 Å². The number of carbonyl (C=O) groups is 1. The van der Waals surface area contributed by atoms with Crippen LogP contribution in [0.4, 0.5) is 0 Å². The van der Waals surface area contributed by atoms with E-state index in [-0.39, 0.29) is 11.7 Å². The molecule has 0 aliphatic carbocycles. The number of methoxy groups -OCH3 is 1. The molecule has 0 saturated heterocycles. The first-order chi connectivity index (χ1) is 14.9. The van der Waals surface area contributed by atoms with Gasteiger partial charge < -0.3 is 9.30 Å². The molecule has 0 bridgehead atoms. The van der Waals surface area contributed by atoms with Crippen molar-refractivity contribution in [2.24, 2.45) is 5.10 Å². The lowest BCUT2D eigenvalue weighted by molar-refractivity contribution is -0.118. The second kappa shape index (κ2) is 10.7. The van der Waals surface area contributed by atoms with E-state index in [1.807, 2.05) is 35.8 Å². The van der Waals surface area contributed by atoms with Gasteiger partial charge in [-0.1, -0.05) is 41.0 Å². The molecule has 10 heteroatoms. The molecule has 3 rings (SSSR count). The molecule has 0 aliphatic rings. The van der Waals surface area contributed by atoms with Gasteiger partial charge in [0.1, 0.15) is 5.75 Å². The Bertz CT molecular complexity index is 1100. The van der Waals surface area contributed by atoms with Crippen LogP contribution < -0.4 is 10.2 Å². The fourth-order valence-electron chi connectivity index (χ4n) is 2.79. The maximum atomic E-state index is 12.3. The Morgan fingerprint density at radius 3 is 2.58 bits per heavy atom. The number of hydrogen-bond acceptors (Lipinski definition) is 6. The van der Waals surface area contributed by atoms with Crippen molar-refractivity contribution in [1.82, 2.24) is 20.2 Å². The minimum atomic E-state index is -0.258. The van der Waals surface area contributed by atoms with Gasteiger partial charge in [-0.15, -0.1) is 10.2 Å². The fraction of sp³-hybridized carbons (Fsp3) is 0.238. The van der Waals surface area contributed by atoms with Crippen LogP contribution in [0.25, 0.3) is 11.4 Å². The van der Waals surface area contributed by atoms with Crippen molar-refractivity contribution in [2.75, 3.05) is 12.9 Å². The van der Waals surface area contributed by atoms with Gasteiger partial charge >= 0.3 is 0 Å². The van der Waals surface area contributed by atoms with Crippen molar-refractivity contribution in [3.63, 3.8) is 0 Å². The quantitative estimate of drug-likeness (QED) is 0.283. The molecular formula is C21H21Cl2N5O2S. The highest BCUT2D eigenvalue weighted by Crippen LogP contribution is 2.25. The Kier molecular flexibility index (Phi) is 7.95. The number of amides is 1. The zero-order chi connectivity index (χ0) is 22.4. The average molecular weight is 478 g/mol. The highest BCUT2D eigenvalue weighted by molar-refractivity contribution is 7.99. The molecule has 0 spiro atoms. The molecule has 0 aliphatic heterocycles. The summed E-state index contributed by atoms with van der Waals surface area (Å²) in [5.41, 5.74) is 4.75. The second-order valence-corrected chi connectivity index (χ2v) is 8.21. The fourth-order valence-corrected chi connectivity index (χ4v) is 4.13. The lowest BCUT2D eigenvalue weighted by atomic mass is 10.1. The molecule has 0 unspecified atom stereocenters. The van der Waals surface area contributed by atoms with Crippen molar-refractivity contribution in [3.05, 3.63) is 58.1 Å². The number of carbonyl (C=O) groups excluding carboxylic acids is 1. The SMILES string of the molecule is CCn1c(SCC(=O)N/N=C(\C)c2ccc(Cl)cc2Cl)nnc1-c1ccc(OC)cc1. The van der Waals surface area contributed by atoms with Gasteiger partial charge in [-0.25, -0.2) is 5.43 Å².